The van der Waals surface area contributed by atoms with E-state index in [1.807, 2.05) is 6.08 Å². The van der Waals surface area contributed by atoms with E-state index in [1.165, 1.54) is 36.1 Å². The number of carbonyl (C=O) groups is 1. The van der Waals surface area contributed by atoms with Gasteiger partial charge in [0.1, 0.15) is 11.4 Å². The quantitative estimate of drug-likeness (QED) is 0.659. The maximum atomic E-state index is 12.5. The number of H-pyrrole nitrogens is 1. The molecule has 1 saturated carbocycles. The number of rotatable bonds is 8. The highest BCUT2D eigenvalue weighted by atomic mass is 16.2. The van der Waals surface area contributed by atoms with Gasteiger partial charge in [0.2, 0.25) is 0 Å². The average molecular weight is 407 g/mol. The van der Waals surface area contributed by atoms with E-state index >= 15 is 0 Å². The molecule has 1 aliphatic carbocycles. The van der Waals surface area contributed by atoms with Crippen LogP contribution in [-0.4, -0.2) is 51.1 Å². The van der Waals surface area contributed by atoms with Crippen LogP contribution in [0, 0.1) is 6.92 Å². The smallest absolute Gasteiger partial charge is 0.273 e. The maximum absolute atomic E-state index is 12.5. The first-order valence-electron chi connectivity index (χ1n) is 10.9. The number of nitrogens with zero attached hydrogens (tertiary/aromatic N) is 4. The highest BCUT2D eigenvalue weighted by Crippen LogP contribution is 2.42. The van der Waals surface area contributed by atoms with Crippen LogP contribution in [0.3, 0.4) is 0 Å². The molecule has 0 spiro atoms. The molecule has 2 N–H and O–H groups in total. The molecule has 0 atom stereocenters. The minimum Gasteiger partial charge on any atom is -0.359 e. The Balaban J connectivity index is 1.70. The standard InChI is InChI=1S/C23H30N6O/c1-4-29(5-2)12-9-17-15(3)26-19(21(17)16-7-6-8-16)13-18-22(27-28-23(18)30)20-14-24-10-11-25-20/h10-11,13-14,16,26H,4-9,12H2,1-3H3,(H,28,30). The minimum atomic E-state index is -0.202. The summed E-state index contributed by atoms with van der Waals surface area (Å²) in [7, 11) is 0. The Morgan fingerprint density at radius 2 is 2.03 bits per heavy atom. The highest BCUT2D eigenvalue weighted by molar-refractivity contribution is 6.32. The summed E-state index contributed by atoms with van der Waals surface area (Å²) in [4.78, 5) is 27.0. The molecular weight excluding hydrogens is 376 g/mol. The number of hydrazone groups is 1. The maximum Gasteiger partial charge on any atom is 0.273 e. The van der Waals surface area contributed by atoms with E-state index in [2.05, 4.69) is 51.2 Å². The van der Waals surface area contributed by atoms with Gasteiger partial charge in [-0.2, -0.15) is 5.10 Å². The first-order chi connectivity index (χ1) is 14.6. The second-order valence-electron chi connectivity index (χ2n) is 8.01. The van der Waals surface area contributed by atoms with Gasteiger partial charge in [-0.3, -0.25) is 14.8 Å². The Kier molecular flexibility index (Phi) is 6.08. The first-order valence-corrected chi connectivity index (χ1v) is 10.9. The largest absolute Gasteiger partial charge is 0.359 e. The lowest BCUT2D eigenvalue weighted by Crippen LogP contribution is -2.26. The summed E-state index contributed by atoms with van der Waals surface area (Å²) in [5.74, 6) is 0.363. The molecule has 0 saturated heterocycles. The van der Waals surface area contributed by atoms with Gasteiger partial charge in [0, 0.05) is 30.3 Å². The molecule has 2 aliphatic rings. The lowest BCUT2D eigenvalue weighted by molar-refractivity contribution is -0.116. The van der Waals surface area contributed by atoms with E-state index in [-0.39, 0.29) is 5.91 Å². The molecule has 0 unspecified atom stereocenters. The van der Waals surface area contributed by atoms with Gasteiger partial charge in [-0.15, -0.1) is 0 Å². The summed E-state index contributed by atoms with van der Waals surface area (Å²) in [6, 6.07) is 0. The molecule has 0 aromatic carbocycles. The molecule has 4 rings (SSSR count). The normalized spacial score (nSPS) is 18.1. The topological polar surface area (TPSA) is 86.3 Å². The van der Waals surface area contributed by atoms with Crippen LogP contribution in [0.15, 0.2) is 29.3 Å². The molecular formula is C23H30N6O. The Morgan fingerprint density at radius 3 is 2.67 bits per heavy atom. The zero-order valence-corrected chi connectivity index (χ0v) is 18.0. The molecule has 2 aromatic heterocycles. The third-order valence-electron chi connectivity index (χ3n) is 6.34. The van der Waals surface area contributed by atoms with Gasteiger partial charge >= 0.3 is 0 Å². The van der Waals surface area contributed by atoms with Crippen LogP contribution in [0.1, 0.15) is 67.2 Å². The predicted molar refractivity (Wildman–Crippen MR) is 118 cm³/mol. The Hall–Kier alpha value is -2.80. The first kappa shape index (κ1) is 20.5. The van der Waals surface area contributed by atoms with Crippen LogP contribution >= 0.6 is 0 Å². The van der Waals surface area contributed by atoms with E-state index in [0.717, 1.165) is 31.7 Å². The molecule has 0 radical (unpaired) electrons. The number of hydrogen-bond acceptors (Lipinski definition) is 5. The lowest BCUT2D eigenvalue weighted by Gasteiger charge is -2.28. The monoisotopic (exact) mass is 406 g/mol. The van der Waals surface area contributed by atoms with E-state index in [4.69, 9.17) is 0 Å². The van der Waals surface area contributed by atoms with Crippen LogP contribution in [0.2, 0.25) is 0 Å². The van der Waals surface area contributed by atoms with Crippen molar-refractivity contribution in [3.05, 3.63) is 52.4 Å². The van der Waals surface area contributed by atoms with E-state index in [1.54, 1.807) is 18.6 Å². The van der Waals surface area contributed by atoms with Crippen LogP contribution in [0.4, 0.5) is 0 Å². The Labute approximate surface area is 177 Å². The fourth-order valence-corrected chi connectivity index (χ4v) is 4.35. The zero-order valence-electron chi connectivity index (χ0n) is 18.0. The molecule has 158 valence electrons. The van der Waals surface area contributed by atoms with Gasteiger partial charge in [0.25, 0.3) is 5.91 Å². The molecule has 1 fully saturated rings. The second-order valence-corrected chi connectivity index (χ2v) is 8.01. The fourth-order valence-electron chi connectivity index (χ4n) is 4.35. The predicted octanol–water partition coefficient (Wildman–Crippen LogP) is 3.18. The fraction of sp³-hybridized carbons (Fsp3) is 0.478. The number of aromatic nitrogens is 3. The van der Waals surface area contributed by atoms with Crippen molar-refractivity contribution in [2.75, 3.05) is 19.6 Å². The lowest BCUT2D eigenvalue weighted by atomic mass is 9.77. The summed E-state index contributed by atoms with van der Waals surface area (Å²) < 4.78 is 0. The molecule has 3 heterocycles. The number of hydrogen-bond donors (Lipinski definition) is 2. The van der Waals surface area contributed by atoms with E-state index in [0.29, 0.717) is 22.9 Å². The van der Waals surface area contributed by atoms with Gasteiger partial charge in [-0.25, -0.2) is 5.43 Å². The van der Waals surface area contributed by atoms with Crippen LogP contribution in [0.5, 0.6) is 0 Å². The summed E-state index contributed by atoms with van der Waals surface area (Å²) in [6.45, 7) is 9.74. The summed E-state index contributed by atoms with van der Waals surface area (Å²) >= 11 is 0. The summed E-state index contributed by atoms with van der Waals surface area (Å²) in [6.07, 6.45) is 11.5. The average Bonchev–Trinajstić information content (AvgIpc) is 3.23. The molecule has 0 bridgehead atoms. The number of nitrogens with one attached hydrogen (secondary N) is 2. The van der Waals surface area contributed by atoms with Gasteiger partial charge in [-0.05, 0) is 62.4 Å². The number of aromatic amines is 1. The number of carbonyl (C=O) groups excluding carboxylic acids is 1. The third-order valence-corrected chi connectivity index (χ3v) is 6.34. The van der Waals surface area contributed by atoms with Crippen molar-refractivity contribution in [2.24, 2.45) is 5.10 Å². The van der Waals surface area contributed by atoms with Crippen molar-refractivity contribution in [3.8, 4) is 0 Å². The Morgan fingerprint density at radius 1 is 1.23 bits per heavy atom. The van der Waals surface area contributed by atoms with Gasteiger partial charge in [0.15, 0.2) is 0 Å². The highest BCUT2D eigenvalue weighted by Gasteiger charge is 2.30. The van der Waals surface area contributed by atoms with Crippen LogP contribution < -0.4 is 5.43 Å². The molecule has 2 aromatic rings. The molecule has 30 heavy (non-hydrogen) atoms. The third kappa shape index (κ3) is 3.94. The van der Waals surface area contributed by atoms with Crippen LogP contribution in [-0.2, 0) is 11.2 Å². The van der Waals surface area contributed by atoms with Gasteiger partial charge in [-0.1, -0.05) is 20.3 Å². The van der Waals surface area contributed by atoms with Gasteiger partial charge in [0.05, 0.1) is 11.8 Å². The Bertz CT molecular complexity index is 967. The molecule has 1 amide bonds. The van der Waals surface area contributed by atoms with Gasteiger partial charge < -0.3 is 9.88 Å². The second kappa shape index (κ2) is 8.92. The SMILES string of the molecule is CCN(CC)CCc1c(C)[nH]c(C=C2C(=O)NN=C2c2cnccn2)c1C1CCC1. The van der Waals surface area contributed by atoms with Crippen molar-refractivity contribution in [1.29, 1.82) is 0 Å². The molecule has 1 aliphatic heterocycles. The van der Waals surface area contributed by atoms with Crippen molar-refractivity contribution < 1.29 is 4.79 Å². The molecule has 7 nitrogen and oxygen atoms in total. The summed E-state index contributed by atoms with van der Waals surface area (Å²) in [5, 5.41) is 4.21. The molecule has 7 heteroatoms. The van der Waals surface area contributed by atoms with Crippen molar-refractivity contribution in [2.45, 2.75) is 52.4 Å². The van der Waals surface area contributed by atoms with Crippen molar-refractivity contribution in [3.63, 3.8) is 0 Å². The number of aryl methyl sites for hydroxylation is 1. The summed E-state index contributed by atoms with van der Waals surface area (Å²) in [5.41, 5.74) is 9.30. The minimum absolute atomic E-state index is 0.202. The number of amides is 1. The van der Waals surface area contributed by atoms with Crippen LogP contribution in [0.25, 0.3) is 6.08 Å². The van der Waals surface area contributed by atoms with Crippen molar-refractivity contribution in [1.82, 2.24) is 25.3 Å². The number of likely N-dealkylation sites (N-methyl/N-ethyl adjacent to an activating group) is 1. The van der Waals surface area contributed by atoms with Crippen molar-refractivity contribution >= 4 is 17.7 Å². The van der Waals surface area contributed by atoms with E-state index in [9.17, 15) is 4.79 Å². The van der Waals surface area contributed by atoms with E-state index < -0.39 is 0 Å². The zero-order chi connectivity index (χ0) is 21.1.